The van der Waals surface area contributed by atoms with E-state index in [-0.39, 0.29) is 0 Å². The van der Waals surface area contributed by atoms with Crippen molar-refractivity contribution in [1.29, 1.82) is 0 Å². The van der Waals surface area contributed by atoms with Gasteiger partial charge in [0.1, 0.15) is 0 Å². The number of nitrogens with two attached hydrogens (primary N) is 2. The van der Waals surface area contributed by atoms with E-state index in [0.29, 0.717) is 0 Å². The van der Waals surface area contributed by atoms with Gasteiger partial charge in [0.05, 0.1) is 0 Å². The van der Waals surface area contributed by atoms with Gasteiger partial charge in [-0.25, -0.2) is 10.3 Å². The first-order chi connectivity index (χ1) is 6.66. The van der Waals surface area contributed by atoms with Crippen LogP contribution in [-0.2, 0) is 0 Å². The standard InChI is InChI=1S/C4H4N2.C2H6N4O2/c1-2-6-4-3-5-1;3-1(4)5-2(7)6-8/h1-4H;8H,(H5,3,4,5,6,7). The van der Waals surface area contributed by atoms with Gasteiger partial charge >= 0.3 is 6.03 Å². The minimum absolute atomic E-state index is 0.392. The molecule has 76 valence electrons. The van der Waals surface area contributed by atoms with Gasteiger partial charge in [-0.15, -0.1) is 0 Å². The smallest absolute Gasteiger partial charge is 0.367 e. The molecule has 1 aromatic heterocycles. The van der Waals surface area contributed by atoms with Gasteiger partial charge in [-0.05, 0) is 0 Å². The molecule has 0 saturated carbocycles. The van der Waals surface area contributed by atoms with E-state index in [1.165, 1.54) is 5.48 Å². The molecule has 0 spiro atoms. The zero-order valence-corrected chi connectivity index (χ0v) is 7.16. The lowest BCUT2D eigenvalue weighted by atomic mass is 10.8. The number of carbonyl (C=O) groups is 1. The number of carbonyl (C=O) groups excluding carboxylic acids is 1. The summed E-state index contributed by atoms with van der Waals surface area (Å²) in [4.78, 5) is 20.2. The van der Waals surface area contributed by atoms with Crippen LogP contribution in [0.3, 0.4) is 0 Å². The van der Waals surface area contributed by atoms with Crippen LogP contribution in [0, 0.1) is 0 Å². The van der Waals surface area contributed by atoms with E-state index >= 15 is 0 Å². The van der Waals surface area contributed by atoms with E-state index in [1.54, 1.807) is 24.8 Å². The Balaban J connectivity index is 0.000000249. The van der Waals surface area contributed by atoms with Crippen molar-refractivity contribution in [2.24, 2.45) is 16.5 Å². The van der Waals surface area contributed by atoms with Crippen LogP contribution in [-0.4, -0.2) is 27.2 Å². The molecule has 6 N–H and O–H groups in total. The summed E-state index contributed by atoms with van der Waals surface area (Å²) in [6, 6.07) is -0.981. The van der Waals surface area contributed by atoms with Crippen LogP contribution in [0.1, 0.15) is 0 Å². The maximum absolute atomic E-state index is 9.91. The molecular weight excluding hydrogens is 188 g/mol. The van der Waals surface area contributed by atoms with Crippen LogP contribution in [0.25, 0.3) is 0 Å². The molecule has 2 amide bonds. The summed E-state index contributed by atoms with van der Waals surface area (Å²) in [6.07, 6.45) is 6.56. The SMILES string of the molecule is NC(N)=NC(=O)NO.c1cnccn1. The molecule has 0 aliphatic heterocycles. The molecule has 0 aliphatic carbocycles. The molecule has 0 radical (unpaired) electrons. The van der Waals surface area contributed by atoms with E-state index in [0.717, 1.165) is 0 Å². The van der Waals surface area contributed by atoms with Gasteiger partial charge in [0.15, 0.2) is 5.96 Å². The number of hydrogen-bond donors (Lipinski definition) is 4. The molecule has 0 unspecified atom stereocenters. The van der Waals surface area contributed by atoms with E-state index in [1.807, 2.05) is 0 Å². The molecular formula is C6H10N6O2. The number of guanidine groups is 1. The number of urea groups is 1. The monoisotopic (exact) mass is 198 g/mol. The van der Waals surface area contributed by atoms with Crippen molar-refractivity contribution in [2.45, 2.75) is 0 Å². The summed E-state index contributed by atoms with van der Waals surface area (Å²) in [5.41, 5.74) is 10.7. The quantitative estimate of drug-likeness (QED) is 0.179. The van der Waals surface area contributed by atoms with Crippen molar-refractivity contribution in [3.05, 3.63) is 24.8 Å². The third-order valence-corrected chi connectivity index (χ3v) is 0.804. The predicted molar refractivity (Wildman–Crippen MR) is 48.2 cm³/mol. The highest BCUT2D eigenvalue weighted by molar-refractivity contribution is 5.89. The van der Waals surface area contributed by atoms with Gasteiger partial charge in [-0.1, -0.05) is 0 Å². The van der Waals surface area contributed by atoms with Crippen LogP contribution < -0.4 is 16.9 Å². The molecule has 1 rings (SSSR count). The fourth-order valence-corrected chi connectivity index (χ4v) is 0.396. The molecule has 1 aromatic rings. The van der Waals surface area contributed by atoms with Crippen molar-refractivity contribution in [3.63, 3.8) is 0 Å². The average molecular weight is 198 g/mol. The molecule has 1 heterocycles. The topological polar surface area (TPSA) is 140 Å². The second-order valence-corrected chi connectivity index (χ2v) is 1.85. The number of aromatic nitrogens is 2. The predicted octanol–water partition coefficient (Wildman–Crippen LogP) is -1.16. The second kappa shape index (κ2) is 7.43. The highest BCUT2D eigenvalue weighted by atomic mass is 16.5. The molecule has 0 saturated heterocycles. The third kappa shape index (κ3) is 7.88. The summed E-state index contributed by atoms with van der Waals surface area (Å²) >= 11 is 0. The molecule has 0 fully saturated rings. The van der Waals surface area contributed by atoms with Crippen LogP contribution in [0.15, 0.2) is 29.8 Å². The Bertz CT molecular complexity index is 257. The van der Waals surface area contributed by atoms with Crippen LogP contribution in [0.2, 0.25) is 0 Å². The first kappa shape index (κ1) is 11.8. The number of hydrogen-bond acceptors (Lipinski definition) is 4. The highest BCUT2D eigenvalue weighted by Crippen LogP contribution is 1.66. The van der Waals surface area contributed by atoms with Gasteiger partial charge in [0.25, 0.3) is 0 Å². The van der Waals surface area contributed by atoms with Gasteiger partial charge in [0.2, 0.25) is 0 Å². The van der Waals surface area contributed by atoms with E-state index < -0.39 is 12.0 Å². The van der Waals surface area contributed by atoms with Crippen molar-refractivity contribution < 1.29 is 10.0 Å². The van der Waals surface area contributed by atoms with Crippen LogP contribution >= 0.6 is 0 Å². The Kier molecular flexibility index (Phi) is 6.25. The van der Waals surface area contributed by atoms with Gasteiger partial charge in [0, 0.05) is 24.8 Å². The average Bonchev–Trinajstić information content (AvgIpc) is 2.20. The lowest BCUT2D eigenvalue weighted by molar-refractivity contribution is 0.169. The largest absolute Gasteiger partial charge is 0.370 e. The number of nitrogens with zero attached hydrogens (tertiary/aromatic N) is 3. The maximum atomic E-state index is 9.91. The number of amides is 2. The lowest BCUT2D eigenvalue weighted by Gasteiger charge is -1.87. The summed E-state index contributed by atoms with van der Waals surface area (Å²) < 4.78 is 0. The Morgan fingerprint density at radius 1 is 1.21 bits per heavy atom. The third-order valence-electron chi connectivity index (χ3n) is 0.804. The summed E-state index contributed by atoms with van der Waals surface area (Å²) in [5.74, 6) is -0.392. The fraction of sp³-hybridized carbons (Fsp3) is 0. The first-order valence-electron chi connectivity index (χ1n) is 3.40. The minimum Gasteiger partial charge on any atom is -0.370 e. The molecule has 8 nitrogen and oxygen atoms in total. The molecule has 8 heteroatoms. The van der Waals surface area contributed by atoms with E-state index in [9.17, 15) is 4.79 Å². The fourth-order valence-electron chi connectivity index (χ4n) is 0.396. The molecule has 0 atom stereocenters. The Hall–Kier alpha value is -2.22. The number of rotatable bonds is 0. The first-order valence-corrected chi connectivity index (χ1v) is 3.40. The molecule has 0 bridgehead atoms. The Morgan fingerprint density at radius 3 is 1.79 bits per heavy atom. The summed E-state index contributed by atoms with van der Waals surface area (Å²) in [5, 5.41) is 7.77. The number of aliphatic imine (C=N–C) groups is 1. The van der Waals surface area contributed by atoms with Gasteiger partial charge < -0.3 is 11.5 Å². The Morgan fingerprint density at radius 2 is 1.64 bits per heavy atom. The molecule has 0 aromatic carbocycles. The van der Waals surface area contributed by atoms with Crippen LogP contribution in [0.4, 0.5) is 4.79 Å². The van der Waals surface area contributed by atoms with Crippen molar-refractivity contribution >= 4 is 12.0 Å². The lowest BCUT2D eigenvalue weighted by Crippen LogP contribution is -2.27. The van der Waals surface area contributed by atoms with Crippen molar-refractivity contribution in [2.75, 3.05) is 0 Å². The second-order valence-electron chi connectivity index (χ2n) is 1.85. The minimum atomic E-state index is -0.981. The van der Waals surface area contributed by atoms with Crippen molar-refractivity contribution in [1.82, 2.24) is 15.4 Å². The van der Waals surface area contributed by atoms with E-state index in [4.69, 9.17) is 16.7 Å². The number of nitrogens with one attached hydrogen (secondary N) is 1. The summed E-state index contributed by atoms with van der Waals surface area (Å²) in [6.45, 7) is 0. The zero-order chi connectivity index (χ0) is 10.8. The summed E-state index contributed by atoms with van der Waals surface area (Å²) in [7, 11) is 0. The van der Waals surface area contributed by atoms with E-state index in [2.05, 4.69) is 15.0 Å². The molecule has 0 aliphatic rings. The maximum Gasteiger partial charge on any atom is 0.367 e. The van der Waals surface area contributed by atoms with Crippen LogP contribution in [0.5, 0.6) is 0 Å². The van der Waals surface area contributed by atoms with Crippen molar-refractivity contribution in [3.8, 4) is 0 Å². The number of hydroxylamine groups is 1. The van der Waals surface area contributed by atoms with Gasteiger partial charge in [-0.3, -0.25) is 15.2 Å². The Labute approximate surface area is 79.6 Å². The zero-order valence-electron chi connectivity index (χ0n) is 7.16. The highest BCUT2D eigenvalue weighted by Gasteiger charge is 1.90. The normalized spacial score (nSPS) is 7.79. The molecule has 14 heavy (non-hydrogen) atoms. The van der Waals surface area contributed by atoms with Gasteiger partial charge in [-0.2, -0.15) is 4.99 Å².